The lowest BCUT2D eigenvalue weighted by atomic mass is 10.2. The summed E-state index contributed by atoms with van der Waals surface area (Å²) < 4.78 is 0. The lowest BCUT2D eigenvalue weighted by Gasteiger charge is -2.06. The Morgan fingerprint density at radius 1 is 1.71 bits per heavy atom. The first-order chi connectivity index (χ1) is 6.61. The predicted molar refractivity (Wildman–Crippen MR) is 56.6 cm³/mol. The van der Waals surface area contributed by atoms with Crippen molar-refractivity contribution in [1.29, 1.82) is 0 Å². The molecule has 1 rings (SSSR count). The van der Waals surface area contributed by atoms with Crippen LogP contribution in [0.2, 0.25) is 0 Å². The van der Waals surface area contributed by atoms with Crippen LogP contribution in [-0.4, -0.2) is 27.4 Å². The molecule has 1 atom stereocenters. The van der Waals surface area contributed by atoms with Crippen LogP contribution in [0.3, 0.4) is 0 Å². The molecule has 0 radical (unpaired) electrons. The molecule has 0 aliphatic heterocycles. The van der Waals surface area contributed by atoms with Gasteiger partial charge in [-0.1, -0.05) is 6.92 Å². The lowest BCUT2D eigenvalue weighted by Crippen LogP contribution is -2.09. The zero-order valence-electron chi connectivity index (χ0n) is 8.28. The molecule has 1 heterocycles. The van der Waals surface area contributed by atoms with Gasteiger partial charge in [-0.25, -0.2) is 4.98 Å². The van der Waals surface area contributed by atoms with Gasteiger partial charge in [-0.3, -0.25) is 4.79 Å². The molecule has 0 aliphatic rings. The smallest absolute Gasteiger partial charge is 0.251 e. The fraction of sp³-hybridized carbons (Fsp3) is 0.556. The highest BCUT2D eigenvalue weighted by Crippen LogP contribution is 2.16. The van der Waals surface area contributed by atoms with Gasteiger partial charge < -0.3 is 10.1 Å². The molecule has 0 saturated heterocycles. The molecule has 0 spiro atoms. The number of H-pyrrole nitrogens is 1. The van der Waals surface area contributed by atoms with Crippen LogP contribution in [0.15, 0.2) is 15.9 Å². The number of aromatic amines is 1. The van der Waals surface area contributed by atoms with Crippen molar-refractivity contribution in [2.45, 2.75) is 18.9 Å². The van der Waals surface area contributed by atoms with Crippen molar-refractivity contribution in [2.24, 2.45) is 5.92 Å². The molecule has 2 N–H and O–H groups in total. The van der Waals surface area contributed by atoms with Crippen molar-refractivity contribution in [3.05, 3.63) is 22.2 Å². The maximum Gasteiger partial charge on any atom is 0.251 e. The van der Waals surface area contributed by atoms with Crippen molar-refractivity contribution in [3.63, 3.8) is 0 Å². The fourth-order valence-corrected chi connectivity index (χ4v) is 1.86. The first-order valence-corrected chi connectivity index (χ1v) is 5.42. The van der Waals surface area contributed by atoms with E-state index in [0.29, 0.717) is 10.9 Å². The minimum absolute atomic E-state index is 0.128. The standard InChI is InChI=1S/C9H14N2O2S/c1-6(4-12)5-14-9-3-8(13)10-7(2)11-9/h3,6,12H,4-5H2,1-2H3,(H,10,11,13). The molecule has 14 heavy (non-hydrogen) atoms. The highest BCUT2D eigenvalue weighted by molar-refractivity contribution is 7.99. The van der Waals surface area contributed by atoms with Crippen molar-refractivity contribution in [2.75, 3.05) is 12.4 Å². The van der Waals surface area contributed by atoms with E-state index in [0.717, 1.165) is 5.75 Å². The van der Waals surface area contributed by atoms with Crippen LogP contribution in [0.25, 0.3) is 0 Å². The van der Waals surface area contributed by atoms with Gasteiger partial charge in [0.25, 0.3) is 5.56 Å². The van der Waals surface area contributed by atoms with E-state index in [1.165, 1.54) is 17.8 Å². The molecule has 0 aliphatic carbocycles. The van der Waals surface area contributed by atoms with Gasteiger partial charge in [-0.2, -0.15) is 0 Å². The third-order valence-electron chi connectivity index (χ3n) is 1.66. The van der Waals surface area contributed by atoms with Crippen molar-refractivity contribution >= 4 is 11.8 Å². The van der Waals surface area contributed by atoms with Gasteiger partial charge >= 0.3 is 0 Å². The topological polar surface area (TPSA) is 66.0 Å². The molecule has 4 nitrogen and oxygen atoms in total. The van der Waals surface area contributed by atoms with Crippen molar-refractivity contribution in [3.8, 4) is 0 Å². The number of aromatic nitrogens is 2. The van der Waals surface area contributed by atoms with Gasteiger partial charge in [0.1, 0.15) is 10.9 Å². The van der Waals surface area contributed by atoms with Crippen LogP contribution in [0.5, 0.6) is 0 Å². The Bertz CT molecular complexity index is 351. The molecule has 1 aromatic heterocycles. The maximum atomic E-state index is 11.1. The molecule has 0 aromatic carbocycles. The van der Waals surface area contributed by atoms with E-state index >= 15 is 0 Å². The summed E-state index contributed by atoms with van der Waals surface area (Å²) >= 11 is 1.49. The van der Waals surface area contributed by atoms with Gasteiger partial charge in [-0.15, -0.1) is 11.8 Å². The fourth-order valence-electron chi connectivity index (χ4n) is 0.906. The van der Waals surface area contributed by atoms with E-state index < -0.39 is 0 Å². The van der Waals surface area contributed by atoms with E-state index in [4.69, 9.17) is 5.11 Å². The summed E-state index contributed by atoms with van der Waals surface area (Å²) in [6.07, 6.45) is 0. The zero-order chi connectivity index (χ0) is 10.6. The summed E-state index contributed by atoms with van der Waals surface area (Å²) in [6, 6.07) is 1.47. The summed E-state index contributed by atoms with van der Waals surface area (Å²) in [4.78, 5) is 17.8. The average molecular weight is 214 g/mol. The first-order valence-electron chi connectivity index (χ1n) is 4.43. The average Bonchev–Trinajstić information content (AvgIpc) is 2.12. The molecule has 0 fully saturated rings. The third kappa shape index (κ3) is 3.51. The van der Waals surface area contributed by atoms with Crippen LogP contribution in [0.1, 0.15) is 12.7 Å². The van der Waals surface area contributed by atoms with E-state index in [9.17, 15) is 4.79 Å². The Balaban J connectivity index is 2.63. The lowest BCUT2D eigenvalue weighted by molar-refractivity contribution is 0.250. The Kier molecular flexibility index (Phi) is 4.16. The van der Waals surface area contributed by atoms with Gasteiger partial charge in [-0.05, 0) is 12.8 Å². The number of aryl methyl sites for hydroxylation is 1. The molecule has 0 saturated carbocycles. The number of hydrogen-bond donors (Lipinski definition) is 2. The normalized spacial score (nSPS) is 12.8. The summed E-state index contributed by atoms with van der Waals surface area (Å²) in [5.41, 5.74) is -0.128. The monoisotopic (exact) mass is 214 g/mol. The number of aliphatic hydroxyl groups excluding tert-OH is 1. The molecule has 1 aromatic rings. The molecule has 0 amide bonds. The number of aliphatic hydroxyl groups is 1. The van der Waals surface area contributed by atoms with Crippen LogP contribution >= 0.6 is 11.8 Å². The van der Waals surface area contributed by atoms with Crippen molar-refractivity contribution in [1.82, 2.24) is 9.97 Å². The number of nitrogens with zero attached hydrogens (tertiary/aromatic N) is 1. The summed E-state index contributed by atoms with van der Waals surface area (Å²) in [5.74, 6) is 1.62. The van der Waals surface area contributed by atoms with Crippen LogP contribution < -0.4 is 5.56 Å². The molecule has 5 heteroatoms. The van der Waals surface area contributed by atoms with Crippen LogP contribution in [0, 0.1) is 12.8 Å². The molecule has 78 valence electrons. The molecular weight excluding hydrogens is 200 g/mol. The largest absolute Gasteiger partial charge is 0.396 e. The second-order valence-electron chi connectivity index (χ2n) is 3.27. The SMILES string of the molecule is Cc1nc(SCC(C)CO)cc(=O)[nH]1. The second-order valence-corrected chi connectivity index (χ2v) is 4.31. The quantitative estimate of drug-likeness (QED) is 0.574. The number of rotatable bonds is 4. The molecule has 0 bridgehead atoms. The van der Waals surface area contributed by atoms with Gasteiger partial charge in [0, 0.05) is 18.4 Å². The highest BCUT2D eigenvalue weighted by Gasteiger charge is 2.03. The first kappa shape index (κ1) is 11.3. The van der Waals surface area contributed by atoms with Crippen molar-refractivity contribution < 1.29 is 5.11 Å². The Morgan fingerprint density at radius 2 is 2.43 bits per heavy atom. The van der Waals surface area contributed by atoms with E-state index in [2.05, 4.69) is 9.97 Å². The molecular formula is C9H14N2O2S. The molecule has 1 unspecified atom stereocenters. The Labute approximate surface area is 86.8 Å². The van der Waals surface area contributed by atoms with E-state index in [1.54, 1.807) is 6.92 Å². The third-order valence-corrected chi connectivity index (χ3v) is 2.90. The Morgan fingerprint density at radius 3 is 3.00 bits per heavy atom. The van der Waals surface area contributed by atoms with Gasteiger partial charge in [0.15, 0.2) is 0 Å². The Hall–Kier alpha value is -0.810. The van der Waals surface area contributed by atoms with Gasteiger partial charge in [0.2, 0.25) is 0 Å². The van der Waals surface area contributed by atoms with Crippen LogP contribution in [0.4, 0.5) is 0 Å². The highest BCUT2D eigenvalue weighted by atomic mass is 32.2. The number of thioether (sulfide) groups is 1. The number of nitrogens with one attached hydrogen (secondary N) is 1. The van der Waals surface area contributed by atoms with Gasteiger partial charge in [0.05, 0.1) is 0 Å². The predicted octanol–water partition coefficient (Wildman–Crippen LogP) is 0.799. The minimum atomic E-state index is -0.128. The summed E-state index contributed by atoms with van der Waals surface area (Å²) in [5, 5.41) is 9.53. The van der Waals surface area contributed by atoms with Crippen LogP contribution in [-0.2, 0) is 0 Å². The maximum absolute atomic E-state index is 11.1. The summed E-state index contributed by atoms with van der Waals surface area (Å²) in [6.45, 7) is 3.86. The zero-order valence-corrected chi connectivity index (χ0v) is 9.10. The van der Waals surface area contributed by atoms with E-state index in [-0.39, 0.29) is 18.1 Å². The van der Waals surface area contributed by atoms with E-state index in [1.807, 2.05) is 6.92 Å². The number of hydrogen-bond acceptors (Lipinski definition) is 4. The summed E-state index contributed by atoms with van der Waals surface area (Å²) in [7, 11) is 0. The second kappa shape index (κ2) is 5.17. The minimum Gasteiger partial charge on any atom is -0.396 e.